The van der Waals surface area contributed by atoms with E-state index in [1.165, 1.54) is 11.0 Å². The Hall–Kier alpha value is -2.88. The average Bonchev–Trinajstić information content (AvgIpc) is 2.81. The van der Waals surface area contributed by atoms with E-state index in [0.717, 1.165) is 24.8 Å². The number of fused-ring (bicyclic) bond motifs is 3. The van der Waals surface area contributed by atoms with E-state index in [1.54, 1.807) is 20.2 Å². The molecule has 10 heteroatoms. The second kappa shape index (κ2) is 9.78. The van der Waals surface area contributed by atoms with Crippen LogP contribution in [-0.2, 0) is 27.2 Å². The van der Waals surface area contributed by atoms with Crippen LogP contribution in [0.15, 0.2) is 29.0 Å². The normalized spacial score (nSPS) is 28.2. The molecule has 3 aliphatic rings. The standard InChI is InChI=1S/C27H33ClN2O7/c1-4-5-6-14(28)9-12-7-8-17(31)19-15(12)10-13-11-16-21(30(2)3)23(33)20(26(29)36)25(35)27(16,37)24(34)18(13)22(19)32/h7-8,13-14,16,21,31-32,35,37H,4-6,9-11H2,1-3H3,(H2,29,36)/t13-,14?,16-,21-,27-/m0/s1. The molecule has 1 saturated carbocycles. The number of ketones is 2. The van der Waals surface area contributed by atoms with Crippen LogP contribution in [-0.4, -0.2) is 73.9 Å². The van der Waals surface area contributed by atoms with Gasteiger partial charge >= 0.3 is 0 Å². The van der Waals surface area contributed by atoms with Crippen LogP contribution in [0.25, 0.3) is 5.76 Å². The van der Waals surface area contributed by atoms with E-state index in [1.807, 2.05) is 0 Å². The number of hydrogen-bond acceptors (Lipinski definition) is 8. The molecule has 37 heavy (non-hydrogen) atoms. The summed E-state index contributed by atoms with van der Waals surface area (Å²) in [6.07, 6.45) is 3.59. The molecule has 3 aliphatic carbocycles. The molecule has 5 atom stereocenters. The van der Waals surface area contributed by atoms with Crippen LogP contribution in [0.1, 0.15) is 49.3 Å². The molecular weight excluding hydrogens is 500 g/mol. The smallest absolute Gasteiger partial charge is 0.255 e. The minimum atomic E-state index is -2.64. The van der Waals surface area contributed by atoms with Crippen molar-refractivity contribution in [2.24, 2.45) is 17.6 Å². The molecule has 0 heterocycles. The summed E-state index contributed by atoms with van der Waals surface area (Å²) >= 11 is 6.57. The Bertz CT molecular complexity index is 1240. The van der Waals surface area contributed by atoms with Gasteiger partial charge < -0.3 is 26.2 Å². The van der Waals surface area contributed by atoms with E-state index in [0.29, 0.717) is 12.0 Å². The van der Waals surface area contributed by atoms with Gasteiger partial charge in [0.05, 0.1) is 11.6 Å². The number of aromatic hydroxyl groups is 1. The Kier molecular flexibility index (Phi) is 7.18. The lowest BCUT2D eigenvalue weighted by atomic mass is 9.57. The van der Waals surface area contributed by atoms with E-state index >= 15 is 0 Å². The number of unbranched alkanes of at least 4 members (excludes halogenated alkanes) is 1. The van der Waals surface area contributed by atoms with Gasteiger partial charge in [-0.25, -0.2) is 0 Å². The van der Waals surface area contributed by atoms with Crippen molar-refractivity contribution in [3.05, 3.63) is 45.7 Å². The number of phenols is 1. The van der Waals surface area contributed by atoms with Gasteiger partial charge in [-0.3, -0.25) is 19.3 Å². The molecule has 1 fully saturated rings. The Labute approximate surface area is 220 Å². The first-order valence-corrected chi connectivity index (χ1v) is 12.9. The summed E-state index contributed by atoms with van der Waals surface area (Å²) in [4.78, 5) is 40.5. The third kappa shape index (κ3) is 4.13. The molecule has 0 saturated heterocycles. The zero-order chi connectivity index (χ0) is 27.4. The summed E-state index contributed by atoms with van der Waals surface area (Å²) in [5.74, 6) is -6.57. The van der Waals surface area contributed by atoms with Crippen LogP contribution in [0.4, 0.5) is 0 Å². The topological polar surface area (TPSA) is 161 Å². The van der Waals surface area contributed by atoms with Crippen LogP contribution < -0.4 is 5.73 Å². The fourth-order valence-electron chi connectivity index (χ4n) is 6.27. The average molecular weight is 533 g/mol. The van der Waals surface area contributed by atoms with E-state index < -0.39 is 58.0 Å². The van der Waals surface area contributed by atoms with Gasteiger partial charge in [-0.15, -0.1) is 11.6 Å². The molecule has 1 aromatic rings. The maximum Gasteiger partial charge on any atom is 0.255 e. The third-order valence-electron chi connectivity index (χ3n) is 8.01. The van der Waals surface area contributed by atoms with Gasteiger partial charge in [0, 0.05) is 16.9 Å². The first-order valence-electron chi connectivity index (χ1n) is 12.5. The number of halogens is 1. The number of amides is 1. The lowest BCUT2D eigenvalue weighted by Gasteiger charge is -2.50. The zero-order valence-electron chi connectivity index (χ0n) is 21.1. The zero-order valence-corrected chi connectivity index (χ0v) is 21.9. The number of carbonyl (C=O) groups is 3. The summed E-state index contributed by atoms with van der Waals surface area (Å²) in [6, 6.07) is 2.08. The third-order valence-corrected chi connectivity index (χ3v) is 8.39. The largest absolute Gasteiger partial charge is 0.508 e. The predicted octanol–water partition coefficient (Wildman–Crippen LogP) is 2.30. The minimum absolute atomic E-state index is 0.0565. The number of likely N-dealkylation sites (N-methyl/N-ethyl adjacent to an activating group) is 1. The van der Waals surface area contributed by atoms with Crippen molar-refractivity contribution in [3.8, 4) is 5.75 Å². The number of Topliss-reactive ketones (excluding diaryl/α,β-unsaturated/α-hetero) is 2. The Balaban J connectivity index is 1.87. The van der Waals surface area contributed by atoms with Gasteiger partial charge in [0.2, 0.25) is 5.78 Å². The van der Waals surface area contributed by atoms with Crippen molar-refractivity contribution in [2.45, 2.75) is 62.5 Å². The number of nitrogens with two attached hydrogens (primary N) is 1. The Morgan fingerprint density at radius 3 is 2.51 bits per heavy atom. The monoisotopic (exact) mass is 532 g/mol. The Morgan fingerprint density at radius 1 is 1.24 bits per heavy atom. The molecule has 0 radical (unpaired) electrons. The van der Waals surface area contributed by atoms with Crippen LogP contribution in [0.2, 0.25) is 0 Å². The van der Waals surface area contributed by atoms with Crippen molar-refractivity contribution < 1.29 is 34.8 Å². The number of alkyl halides is 1. The van der Waals surface area contributed by atoms with Gasteiger partial charge in [0.1, 0.15) is 22.8 Å². The van der Waals surface area contributed by atoms with Gasteiger partial charge in [-0.2, -0.15) is 0 Å². The summed E-state index contributed by atoms with van der Waals surface area (Å²) in [6.45, 7) is 2.08. The van der Waals surface area contributed by atoms with E-state index in [-0.39, 0.29) is 35.1 Å². The van der Waals surface area contributed by atoms with E-state index in [2.05, 4.69) is 6.92 Å². The molecule has 4 rings (SSSR count). The number of phenolic OH excluding ortho intramolecular Hbond substituents is 1. The SMILES string of the molecule is CCCCC(Cl)Cc1ccc(O)c2c1C[C@H]1C[C@H]3[C@H](N(C)C)C(=O)C(C(N)=O)=C(O)[C@@]3(O)C(=O)C1=C2O. The molecule has 0 bridgehead atoms. The van der Waals surface area contributed by atoms with Crippen molar-refractivity contribution in [3.63, 3.8) is 0 Å². The summed E-state index contributed by atoms with van der Waals surface area (Å²) in [5.41, 5.74) is 3.31. The first kappa shape index (κ1) is 27.2. The van der Waals surface area contributed by atoms with E-state index in [9.17, 15) is 34.8 Å². The van der Waals surface area contributed by atoms with Gasteiger partial charge in [-0.1, -0.05) is 25.8 Å². The minimum Gasteiger partial charge on any atom is -0.508 e. The fourth-order valence-corrected chi connectivity index (χ4v) is 6.59. The quantitative estimate of drug-likeness (QED) is 0.264. The number of nitrogens with zero attached hydrogens (tertiary/aromatic N) is 1. The molecule has 9 nitrogen and oxygen atoms in total. The van der Waals surface area contributed by atoms with Crippen LogP contribution in [0, 0.1) is 11.8 Å². The molecule has 200 valence electrons. The summed E-state index contributed by atoms with van der Waals surface area (Å²) in [5, 5.41) is 44.3. The van der Waals surface area contributed by atoms with Crippen molar-refractivity contribution in [1.82, 2.24) is 4.90 Å². The highest BCUT2D eigenvalue weighted by Crippen LogP contribution is 2.53. The second-order valence-corrected chi connectivity index (χ2v) is 11.1. The van der Waals surface area contributed by atoms with Gasteiger partial charge in [0.25, 0.3) is 5.91 Å². The lowest BCUT2D eigenvalue weighted by molar-refractivity contribution is -0.153. The summed E-state index contributed by atoms with van der Waals surface area (Å²) in [7, 11) is 3.14. The molecule has 6 N–H and O–H groups in total. The number of rotatable bonds is 7. The number of primary amides is 1. The number of aliphatic hydroxyl groups excluding tert-OH is 2. The van der Waals surface area contributed by atoms with Crippen LogP contribution in [0.5, 0.6) is 5.75 Å². The molecule has 1 aromatic carbocycles. The maximum absolute atomic E-state index is 13.8. The van der Waals surface area contributed by atoms with Gasteiger partial charge in [0.15, 0.2) is 11.4 Å². The molecule has 0 spiro atoms. The van der Waals surface area contributed by atoms with Crippen molar-refractivity contribution >= 4 is 34.8 Å². The highest BCUT2D eigenvalue weighted by molar-refractivity contribution is 6.24. The lowest BCUT2D eigenvalue weighted by Crippen LogP contribution is -2.65. The molecular formula is C27H33ClN2O7. The van der Waals surface area contributed by atoms with Crippen molar-refractivity contribution in [2.75, 3.05) is 14.1 Å². The van der Waals surface area contributed by atoms with Crippen LogP contribution >= 0.6 is 11.6 Å². The number of hydrogen-bond donors (Lipinski definition) is 5. The van der Waals surface area contributed by atoms with Gasteiger partial charge in [-0.05, 0) is 62.9 Å². The predicted molar refractivity (Wildman–Crippen MR) is 137 cm³/mol. The highest BCUT2D eigenvalue weighted by atomic mass is 35.5. The van der Waals surface area contributed by atoms with E-state index in [4.69, 9.17) is 17.3 Å². The number of benzene rings is 1. The number of aliphatic hydroxyl groups is 3. The molecule has 0 aromatic heterocycles. The summed E-state index contributed by atoms with van der Waals surface area (Å²) < 4.78 is 0. The number of carbonyl (C=O) groups excluding carboxylic acids is 3. The molecule has 0 aliphatic heterocycles. The van der Waals surface area contributed by atoms with Crippen LogP contribution in [0.3, 0.4) is 0 Å². The second-order valence-electron chi connectivity index (χ2n) is 10.5. The highest BCUT2D eigenvalue weighted by Gasteiger charge is 2.64. The molecule has 1 unspecified atom stereocenters. The fraction of sp³-hybridized carbons (Fsp3) is 0.519. The Morgan fingerprint density at radius 2 is 1.92 bits per heavy atom. The molecule has 1 amide bonds. The van der Waals surface area contributed by atoms with Crippen molar-refractivity contribution in [1.29, 1.82) is 0 Å². The first-order chi connectivity index (χ1) is 17.4. The maximum atomic E-state index is 13.8.